The Labute approximate surface area is 191 Å². The third-order valence-corrected chi connectivity index (χ3v) is 12.3. The topological polar surface area (TPSA) is 21.5 Å². The number of hydrogen-bond donors (Lipinski definition) is 0. The van der Waals surface area contributed by atoms with Crippen molar-refractivity contribution in [2.75, 3.05) is 0 Å². The van der Waals surface area contributed by atoms with Gasteiger partial charge in [0, 0.05) is 45.2 Å². The summed E-state index contributed by atoms with van der Waals surface area (Å²) in [6.45, 7) is 16.9. The Kier molecular flexibility index (Phi) is 3.05. The normalized spacial score (nSPS) is 42.7. The molecule has 1 aromatic carbocycles. The van der Waals surface area contributed by atoms with Gasteiger partial charge in [-0.25, -0.2) is 0 Å². The summed E-state index contributed by atoms with van der Waals surface area (Å²) in [5, 5.41) is 2.81. The van der Waals surface area contributed by atoms with E-state index in [1.807, 2.05) is 6.07 Å². The Bertz CT molecular complexity index is 1460. The second kappa shape index (κ2) is 5.03. The van der Waals surface area contributed by atoms with E-state index in [1.54, 1.807) is 5.56 Å². The second-order valence-corrected chi connectivity index (χ2v) is 12.7. The molecule has 2 heterocycles. The molecule has 2 aromatic heterocycles. The molecule has 0 aliphatic heterocycles. The van der Waals surface area contributed by atoms with Gasteiger partial charge < -0.3 is 4.40 Å². The van der Waals surface area contributed by atoms with Crippen LogP contribution in [0.15, 0.2) is 35.3 Å². The Morgan fingerprint density at radius 2 is 1.72 bits per heavy atom. The summed E-state index contributed by atoms with van der Waals surface area (Å²) in [7, 11) is 0. The van der Waals surface area contributed by atoms with Gasteiger partial charge in [-0.1, -0.05) is 66.7 Å². The Morgan fingerprint density at radius 3 is 2.38 bits per heavy atom. The molecule has 4 aliphatic rings. The molecular formula is C30H35NO. The van der Waals surface area contributed by atoms with E-state index < -0.39 is 0 Å². The lowest BCUT2D eigenvalue weighted by Gasteiger charge is -2.75. The molecule has 166 valence electrons. The molecule has 0 N–H and O–H groups in total. The highest BCUT2D eigenvalue weighted by atomic mass is 16.1. The SMILES string of the molecule is CCC1(C)c2cccc3c4c(n5ccc(=O)c(c5c23)C1(C)CC)C1(C)CC2(C)CC4C21C. The minimum atomic E-state index is -0.183. The fourth-order valence-corrected chi connectivity index (χ4v) is 9.93. The molecule has 3 aromatic rings. The van der Waals surface area contributed by atoms with Crippen LogP contribution in [-0.2, 0) is 16.2 Å². The van der Waals surface area contributed by atoms with Crippen molar-refractivity contribution < 1.29 is 0 Å². The number of pyridine rings is 2. The van der Waals surface area contributed by atoms with Gasteiger partial charge in [0.15, 0.2) is 5.43 Å². The van der Waals surface area contributed by atoms with Crippen LogP contribution in [0.25, 0.3) is 16.3 Å². The van der Waals surface area contributed by atoms with Crippen LogP contribution in [0.3, 0.4) is 0 Å². The van der Waals surface area contributed by atoms with Crippen molar-refractivity contribution in [3.8, 4) is 0 Å². The lowest BCUT2D eigenvalue weighted by molar-refractivity contribution is -0.228. The lowest BCUT2D eigenvalue weighted by Crippen LogP contribution is -2.70. The van der Waals surface area contributed by atoms with Crippen LogP contribution in [0.4, 0.5) is 0 Å². The Hall–Kier alpha value is -2.09. The van der Waals surface area contributed by atoms with Crippen LogP contribution in [0.1, 0.15) is 102 Å². The number of aromatic nitrogens is 1. The average Bonchev–Trinajstić information content (AvgIpc) is 2.86. The number of fused-ring (bicyclic) bond motifs is 5. The van der Waals surface area contributed by atoms with Crippen LogP contribution >= 0.6 is 0 Å². The number of nitrogens with zero attached hydrogens (tertiary/aromatic N) is 1. The summed E-state index contributed by atoms with van der Waals surface area (Å²) in [4.78, 5) is 13.6. The van der Waals surface area contributed by atoms with Gasteiger partial charge >= 0.3 is 0 Å². The third-order valence-electron chi connectivity index (χ3n) is 12.3. The number of benzene rings is 1. The highest BCUT2D eigenvalue weighted by Crippen LogP contribution is 2.87. The van der Waals surface area contributed by atoms with Gasteiger partial charge in [-0.05, 0) is 58.9 Å². The van der Waals surface area contributed by atoms with Gasteiger partial charge in [0.1, 0.15) is 0 Å². The lowest BCUT2D eigenvalue weighted by atomic mass is 9.28. The first-order chi connectivity index (χ1) is 15.0. The summed E-state index contributed by atoms with van der Waals surface area (Å²) in [6.07, 6.45) is 6.69. The maximum atomic E-state index is 13.6. The smallest absolute Gasteiger partial charge is 0.185 e. The fraction of sp³-hybridized carbons (Fsp3) is 0.567. The highest BCUT2D eigenvalue weighted by molar-refractivity contribution is 6.06. The van der Waals surface area contributed by atoms with Gasteiger partial charge in [0.05, 0.1) is 5.52 Å². The molecule has 2 nitrogen and oxygen atoms in total. The van der Waals surface area contributed by atoms with Gasteiger partial charge in [0.2, 0.25) is 0 Å². The molecular weight excluding hydrogens is 390 g/mol. The van der Waals surface area contributed by atoms with Crippen molar-refractivity contribution in [3.05, 3.63) is 63.1 Å². The minimum Gasteiger partial charge on any atom is -0.319 e. The molecule has 0 bridgehead atoms. The quantitative estimate of drug-likeness (QED) is 0.406. The molecule has 4 aliphatic carbocycles. The molecule has 0 amide bonds. The second-order valence-electron chi connectivity index (χ2n) is 12.7. The molecule has 0 radical (unpaired) electrons. The molecule has 32 heavy (non-hydrogen) atoms. The largest absolute Gasteiger partial charge is 0.319 e. The first kappa shape index (κ1) is 19.4. The zero-order valence-corrected chi connectivity index (χ0v) is 20.6. The highest BCUT2D eigenvalue weighted by Gasteiger charge is 2.81. The van der Waals surface area contributed by atoms with Crippen molar-refractivity contribution in [2.45, 2.75) is 96.3 Å². The number of hydrogen-bond acceptors (Lipinski definition) is 1. The van der Waals surface area contributed by atoms with E-state index in [2.05, 4.69) is 77.3 Å². The monoisotopic (exact) mass is 425 g/mol. The molecule has 2 heteroatoms. The van der Waals surface area contributed by atoms with Crippen LogP contribution in [0.5, 0.6) is 0 Å². The van der Waals surface area contributed by atoms with Crippen LogP contribution in [0.2, 0.25) is 0 Å². The Morgan fingerprint density at radius 1 is 1.00 bits per heavy atom. The average molecular weight is 426 g/mol. The zero-order chi connectivity index (χ0) is 22.6. The van der Waals surface area contributed by atoms with E-state index in [1.165, 1.54) is 40.4 Å². The van der Waals surface area contributed by atoms with E-state index in [0.29, 0.717) is 16.7 Å². The predicted molar refractivity (Wildman–Crippen MR) is 132 cm³/mol. The molecule has 7 rings (SSSR count). The first-order valence-electron chi connectivity index (χ1n) is 12.7. The van der Waals surface area contributed by atoms with Gasteiger partial charge in [-0.3, -0.25) is 4.79 Å². The van der Waals surface area contributed by atoms with Crippen molar-refractivity contribution >= 4 is 16.3 Å². The maximum Gasteiger partial charge on any atom is 0.185 e. The van der Waals surface area contributed by atoms with E-state index >= 15 is 0 Å². The zero-order valence-electron chi connectivity index (χ0n) is 20.6. The van der Waals surface area contributed by atoms with Crippen molar-refractivity contribution in [2.24, 2.45) is 10.8 Å². The predicted octanol–water partition coefficient (Wildman–Crippen LogP) is 6.98. The summed E-state index contributed by atoms with van der Waals surface area (Å²) >= 11 is 0. The number of rotatable bonds is 2. The fourth-order valence-electron chi connectivity index (χ4n) is 9.93. The van der Waals surface area contributed by atoms with Gasteiger partial charge in [-0.15, -0.1) is 0 Å². The summed E-state index contributed by atoms with van der Waals surface area (Å²) in [5.41, 5.74) is 7.81. The van der Waals surface area contributed by atoms with E-state index in [4.69, 9.17) is 0 Å². The third kappa shape index (κ3) is 1.48. The molecule has 6 atom stereocenters. The van der Waals surface area contributed by atoms with Crippen LogP contribution in [0, 0.1) is 10.8 Å². The van der Waals surface area contributed by atoms with Crippen molar-refractivity contribution in [1.29, 1.82) is 0 Å². The van der Waals surface area contributed by atoms with E-state index in [-0.39, 0.29) is 21.7 Å². The van der Waals surface area contributed by atoms with E-state index in [0.717, 1.165) is 18.4 Å². The summed E-state index contributed by atoms with van der Waals surface area (Å²) < 4.78 is 2.50. The minimum absolute atomic E-state index is 0.0595. The standard InChI is InChI=1S/C30H35NO/c1-8-27(4)18-12-10-11-17-21(18)24-23(28(27,5)9-2)20(32)13-14-31(24)25-22(17)19-15-26(3)16-29(25,6)30(19,26)7/h10-14,19H,8-9,15-16H2,1-7H3. The van der Waals surface area contributed by atoms with Gasteiger partial charge in [0.25, 0.3) is 0 Å². The maximum absolute atomic E-state index is 13.6. The molecule has 2 fully saturated rings. The molecule has 6 unspecified atom stereocenters. The molecule has 0 spiro atoms. The molecule has 0 saturated heterocycles. The van der Waals surface area contributed by atoms with Gasteiger partial charge in [-0.2, -0.15) is 0 Å². The van der Waals surface area contributed by atoms with Crippen LogP contribution < -0.4 is 5.43 Å². The summed E-state index contributed by atoms with van der Waals surface area (Å²) in [5.74, 6) is 0.635. The Balaban J connectivity index is 1.78. The summed E-state index contributed by atoms with van der Waals surface area (Å²) in [6, 6.07) is 8.91. The van der Waals surface area contributed by atoms with Crippen molar-refractivity contribution in [1.82, 2.24) is 4.40 Å². The van der Waals surface area contributed by atoms with Crippen LogP contribution in [-0.4, -0.2) is 4.40 Å². The first-order valence-corrected chi connectivity index (χ1v) is 12.7. The van der Waals surface area contributed by atoms with E-state index in [9.17, 15) is 4.79 Å². The van der Waals surface area contributed by atoms with Crippen molar-refractivity contribution in [3.63, 3.8) is 0 Å². The molecule has 2 saturated carbocycles.